The molecule has 2 rings (SSSR count). The third-order valence-corrected chi connectivity index (χ3v) is 2.45. The molecule has 0 aliphatic carbocycles. The minimum Gasteiger partial charge on any atom is -0.330 e. The maximum absolute atomic E-state index is 11.2. The van der Waals surface area contributed by atoms with Crippen LogP contribution in [-0.4, -0.2) is 14.7 Å². The molecule has 0 fully saturated rings. The summed E-state index contributed by atoms with van der Waals surface area (Å²) in [5, 5.41) is -0.217. The van der Waals surface area contributed by atoms with E-state index in [2.05, 4.69) is 17.6 Å². The zero-order chi connectivity index (χ0) is 10.1. The van der Waals surface area contributed by atoms with Gasteiger partial charge in [-0.25, -0.2) is 4.98 Å². The van der Waals surface area contributed by atoms with E-state index in [1.165, 1.54) is 0 Å². The average molecular weight is 206 g/mol. The number of carbonyl (C=O) groups is 1. The summed E-state index contributed by atoms with van der Waals surface area (Å²) in [6.45, 7) is 2.81. The second-order valence-corrected chi connectivity index (χ2v) is 3.42. The molecule has 0 N–H and O–H groups in total. The molecule has 72 valence electrons. The second-order valence-electron chi connectivity index (χ2n) is 3.01. The third-order valence-electron chi connectivity index (χ3n) is 2.21. The van der Waals surface area contributed by atoms with E-state index in [0.29, 0.717) is 5.56 Å². The van der Waals surface area contributed by atoms with E-state index >= 15 is 0 Å². The molecule has 14 heavy (non-hydrogen) atoms. The number of thiol groups is 1. The maximum atomic E-state index is 11.2. The number of imidazole rings is 1. The van der Waals surface area contributed by atoms with Crippen molar-refractivity contribution in [3.63, 3.8) is 0 Å². The first-order valence-corrected chi connectivity index (χ1v) is 4.86. The molecule has 0 saturated heterocycles. The number of para-hydroxylation sites is 1. The van der Waals surface area contributed by atoms with Gasteiger partial charge in [-0.3, -0.25) is 4.79 Å². The minimum absolute atomic E-state index is 0.217. The van der Waals surface area contributed by atoms with Gasteiger partial charge in [-0.2, -0.15) is 0 Å². The number of benzene rings is 1. The van der Waals surface area contributed by atoms with Gasteiger partial charge in [-0.05, 0) is 19.1 Å². The Balaban J connectivity index is 2.81. The quantitative estimate of drug-likeness (QED) is 0.764. The first-order valence-electron chi connectivity index (χ1n) is 4.41. The summed E-state index contributed by atoms with van der Waals surface area (Å²) >= 11 is 3.84. The average Bonchev–Trinajstić information content (AvgIpc) is 2.59. The molecule has 0 spiro atoms. The highest BCUT2D eigenvalue weighted by Crippen LogP contribution is 2.19. The van der Waals surface area contributed by atoms with Crippen molar-refractivity contribution in [1.82, 2.24) is 9.55 Å². The zero-order valence-corrected chi connectivity index (χ0v) is 8.66. The van der Waals surface area contributed by atoms with Gasteiger partial charge in [-0.15, -0.1) is 12.6 Å². The van der Waals surface area contributed by atoms with Crippen molar-refractivity contribution in [2.45, 2.75) is 13.5 Å². The van der Waals surface area contributed by atoms with Crippen molar-refractivity contribution in [2.75, 3.05) is 0 Å². The van der Waals surface area contributed by atoms with E-state index in [1.54, 1.807) is 12.4 Å². The van der Waals surface area contributed by atoms with E-state index in [0.717, 1.165) is 17.6 Å². The molecular formula is C10H10N2OS. The van der Waals surface area contributed by atoms with E-state index in [-0.39, 0.29) is 5.12 Å². The molecule has 0 bridgehead atoms. The SMILES string of the molecule is CCn1cnc2cccc(C(=O)S)c21. The summed E-state index contributed by atoms with van der Waals surface area (Å²) in [7, 11) is 0. The number of nitrogens with zero attached hydrogens (tertiary/aromatic N) is 2. The first kappa shape index (κ1) is 9.27. The molecule has 1 aromatic heterocycles. The lowest BCUT2D eigenvalue weighted by Gasteiger charge is -2.02. The molecule has 0 saturated carbocycles. The van der Waals surface area contributed by atoms with Gasteiger partial charge in [0.1, 0.15) is 0 Å². The number of hydrogen-bond donors (Lipinski definition) is 1. The van der Waals surface area contributed by atoms with Crippen LogP contribution in [0.2, 0.25) is 0 Å². The van der Waals surface area contributed by atoms with Crippen molar-refractivity contribution >= 4 is 28.8 Å². The Kier molecular flexibility index (Phi) is 2.29. The summed E-state index contributed by atoms with van der Waals surface area (Å²) in [6.07, 6.45) is 1.74. The van der Waals surface area contributed by atoms with Gasteiger partial charge in [0.15, 0.2) is 0 Å². The first-order chi connectivity index (χ1) is 6.74. The summed E-state index contributed by atoms with van der Waals surface area (Å²) in [4.78, 5) is 15.5. The summed E-state index contributed by atoms with van der Waals surface area (Å²) < 4.78 is 1.94. The molecule has 1 heterocycles. The fourth-order valence-corrected chi connectivity index (χ4v) is 1.72. The number of fused-ring (bicyclic) bond motifs is 1. The zero-order valence-electron chi connectivity index (χ0n) is 7.77. The van der Waals surface area contributed by atoms with Crippen LogP contribution in [0, 0.1) is 0 Å². The number of carbonyl (C=O) groups excluding carboxylic acids is 1. The maximum Gasteiger partial charge on any atom is 0.218 e. The second kappa shape index (κ2) is 3.46. The van der Waals surface area contributed by atoms with Crippen LogP contribution in [0.3, 0.4) is 0 Å². The van der Waals surface area contributed by atoms with Crippen LogP contribution in [-0.2, 0) is 6.54 Å². The molecular weight excluding hydrogens is 196 g/mol. The van der Waals surface area contributed by atoms with E-state index in [1.807, 2.05) is 23.6 Å². The largest absolute Gasteiger partial charge is 0.330 e. The van der Waals surface area contributed by atoms with Crippen LogP contribution < -0.4 is 0 Å². The highest BCUT2D eigenvalue weighted by atomic mass is 32.1. The van der Waals surface area contributed by atoms with Crippen LogP contribution in [0.4, 0.5) is 0 Å². The lowest BCUT2D eigenvalue weighted by molar-refractivity contribution is 0.109. The standard InChI is InChI=1S/C10H10N2OS/c1-2-12-6-11-8-5-3-4-7(9(8)12)10(13)14/h3-6H,2H2,1H3,(H,13,14). The molecule has 2 aromatic rings. The van der Waals surface area contributed by atoms with Gasteiger partial charge in [0.05, 0.1) is 22.9 Å². The lowest BCUT2D eigenvalue weighted by atomic mass is 10.2. The van der Waals surface area contributed by atoms with Crippen LogP contribution in [0.25, 0.3) is 11.0 Å². The third kappa shape index (κ3) is 1.32. The Bertz CT molecular complexity index is 490. The monoisotopic (exact) mass is 206 g/mol. The molecule has 1 aromatic carbocycles. The number of aryl methyl sites for hydroxylation is 1. The Morgan fingerprint density at radius 3 is 3.00 bits per heavy atom. The Hall–Kier alpha value is -1.29. The van der Waals surface area contributed by atoms with Gasteiger partial charge in [0.25, 0.3) is 0 Å². The predicted octanol–water partition coefficient (Wildman–Crippen LogP) is 2.13. The molecule has 0 unspecified atom stereocenters. The van der Waals surface area contributed by atoms with Gasteiger partial charge >= 0.3 is 0 Å². The normalized spacial score (nSPS) is 10.7. The topological polar surface area (TPSA) is 34.9 Å². The highest BCUT2D eigenvalue weighted by molar-refractivity contribution is 7.97. The summed E-state index contributed by atoms with van der Waals surface area (Å²) in [6, 6.07) is 5.48. The molecule has 0 radical (unpaired) electrons. The van der Waals surface area contributed by atoms with Gasteiger partial charge in [0, 0.05) is 6.54 Å². The van der Waals surface area contributed by atoms with Gasteiger partial charge in [-0.1, -0.05) is 6.07 Å². The molecule has 3 nitrogen and oxygen atoms in total. The number of hydrogen-bond acceptors (Lipinski definition) is 2. The molecule has 0 atom stereocenters. The van der Waals surface area contributed by atoms with E-state index in [9.17, 15) is 4.79 Å². The van der Waals surface area contributed by atoms with Crippen molar-refractivity contribution in [2.24, 2.45) is 0 Å². The lowest BCUT2D eigenvalue weighted by Crippen LogP contribution is -1.97. The van der Waals surface area contributed by atoms with Gasteiger partial charge < -0.3 is 4.57 Å². The molecule has 0 aliphatic rings. The summed E-state index contributed by atoms with van der Waals surface area (Å²) in [5.74, 6) is 0. The highest BCUT2D eigenvalue weighted by Gasteiger charge is 2.10. The van der Waals surface area contributed by atoms with E-state index in [4.69, 9.17) is 0 Å². The smallest absolute Gasteiger partial charge is 0.218 e. The summed E-state index contributed by atoms with van der Waals surface area (Å²) in [5.41, 5.74) is 2.33. The van der Waals surface area contributed by atoms with Crippen molar-refractivity contribution in [3.8, 4) is 0 Å². The number of rotatable bonds is 2. The minimum atomic E-state index is -0.217. The molecule has 0 amide bonds. The Morgan fingerprint density at radius 1 is 1.57 bits per heavy atom. The van der Waals surface area contributed by atoms with Crippen molar-refractivity contribution in [3.05, 3.63) is 30.1 Å². The van der Waals surface area contributed by atoms with Crippen molar-refractivity contribution < 1.29 is 4.79 Å². The molecule has 0 aliphatic heterocycles. The van der Waals surface area contributed by atoms with E-state index < -0.39 is 0 Å². The fraction of sp³-hybridized carbons (Fsp3) is 0.200. The van der Waals surface area contributed by atoms with Crippen LogP contribution in [0.15, 0.2) is 24.5 Å². The molecule has 4 heteroatoms. The Labute approximate surface area is 87.2 Å². The predicted molar refractivity (Wildman–Crippen MR) is 58.7 cm³/mol. The Morgan fingerprint density at radius 2 is 2.36 bits per heavy atom. The van der Waals surface area contributed by atoms with Gasteiger partial charge in [0.2, 0.25) is 5.12 Å². The van der Waals surface area contributed by atoms with Crippen LogP contribution in [0.5, 0.6) is 0 Å². The van der Waals surface area contributed by atoms with Crippen LogP contribution in [0.1, 0.15) is 17.3 Å². The van der Waals surface area contributed by atoms with Crippen LogP contribution >= 0.6 is 12.6 Å². The fourth-order valence-electron chi connectivity index (χ4n) is 1.54. The van der Waals surface area contributed by atoms with Crippen molar-refractivity contribution in [1.29, 1.82) is 0 Å². The number of aromatic nitrogens is 2.